The van der Waals surface area contributed by atoms with Gasteiger partial charge in [0.15, 0.2) is 0 Å². The summed E-state index contributed by atoms with van der Waals surface area (Å²) in [6.45, 7) is 11.8. The zero-order chi connectivity index (χ0) is 23.7. The Morgan fingerprint density at radius 2 is 1.15 bits per heavy atom. The lowest BCUT2D eigenvalue weighted by Gasteiger charge is -2.33. The molecule has 1 atom stereocenters. The van der Waals surface area contributed by atoms with Crippen molar-refractivity contribution in [3.63, 3.8) is 0 Å². The minimum absolute atomic E-state index is 0.916. The molecule has 0 saturated heterocycles. The molecule has 2 aromatic heterocycles. The second-order valence-corrected chi connectivity index (χ2v) is 17.5. The zero-order valence-electron chi connectivity index (χ0n) is 22.4. The summed E-state index contributed by atoms with van der Waals surface area (Å²) < 4.78 is 0. The molecule has 1 unspecified atom stereocenters. The van der Waals surface area contributed by atoms with Gasteiger partial charge in [-0.2, -0.15) is 0 Å². The topological polar surface area (TPSA) is 0 Å². The first-order chi connectivity index (χ1) is 16.1. The molecule has 0 aliphatic carbocycles. The van der Waals surface area contributed by atoms with Crippen molar-refractivity contribution in [1.29, 1.82) is 0 Å². The molecule has 33 heavy (non-hydrogen) atoms. The molecule has 2 aromatic rings. The summed E-state index contributed by atoms with van der Waals surface area (Å²) in [7, 11) is -1.64. The average Bonchev–Trinajstić information content (AvgIpc) is 3.44. The molecule has 186 valence electrons. The van der Waals surface area contributed by atoms with Crippen LogP contribution in [0.15, 0.2) is 12.1 Å². The molecule has 1 aliphatic heterocycles. The molecule has 0 saturated carbocycles. The average molecular weight is 503 g/mol. The van der Waals surface area contributed by atoms with Gasteiger partial charge in [-0.1, -0.05) is 111 Å². The lowest BCUT2D eigenvalue weighted by atomic mass is 10.0. The summed E-state index contributed by atoms with van der Waals surface area (Å²) in [5, 5.41) is 3.69. The van der Waals surface area contributed by atoms with Crippen LogP contribution >= 0.6 is 22.7 Å². The third-order valence-corrected chi connectivity index (χ3v) is 16.0. The van der Waals surface area contributed by atoms with Gasteiger partial charge in [0.05, 0.1) is 0 Å². The van der Waals surface area contributed by atoms with Gasteiger partial charge >= 0.3 is 0 Å². The monoisotopic (exact) mass is 502 g/mol. The van der Waals surface area contributed by atoms with Crippen molar-refractivity contribution >= 4 is 41.1 Å². The first-order valence-corrected chi connectivity index (χ1v) is 18.3. The molecule has 0 aromatic carbocycles. The van der Waals surface area contributed by atoms with Gasteiger partial charge in [0.1, 0.15) is 8.07 Å². The predicted molar refractivity (Wildman–Crippen MR) is 157 cm³/mol. The van der Waals surface area contributed by atoms with Crippen LogP contribution in [0.5, 0.6) is 0 Å². The minimum atomic E-state index is -1.64. The number of unbranched alkanes of at least 4 members (excludes halogenated alkanes) is 10. The third-order valence-electron chi connectivity index (χ3n) is 8.09. The Bertz CT molecular complexity index is 784. The quantitative estimate of drug-likeness (QED) is 0.149. The van der Waals surface area contributed by atoms with E-state index in [2.05, 4.69) is 69.4 Å². The molecule has 3 heteroatoms. The van der Waals surface area contributed by atoms with Crippen LogP contribution in [-0.4, -0.2) is 8.07 Å². The number of rotatable bonds is 17. The number of fused-ring (bicyclic) bond motifs is 3. The van der Waals surface area contributed by atoms with Crippen molar-refractivity contribution in [2.24, 2.45) is 5.92 Å². The van der Waals surface area contributed by atoms with Crippen LogP contribution < -0.4 is 10.4 Å². The summed E-state index contributed by atoms with van der Waals surface area (Å²) >= 11 is 4.18. The van der Waals surface area contributed by atoms with Gasteiger partial charge in [0.2, 0.25) is 0 Å². The number of hydrogen-bond acceptors (Lipinski definition) is 2. The van der Waals surface area contributed by atoms with Crippen LogP contribution in [0.2, 0.25) is 12.1 Å². The highest BCUT2D eigenvalue weighted by Crippen LogP contribution is 2.44. The van der Waals surface area contributed by atoms with Gasteiger partial charge in [-0.05, 0) is 54.4 Å². The van der Waals surface area contributed by atoms with Crippen molar-refractivity contribution < 1.29 is 0 Å². The maximum atomic E-state index is 2.64. The fourth-order valence-electron chi connectivity index (χ4n) is 6.16. The van der Waals surface area contributed by atoms with Crippen molar-refractivity contribution in [2.75, 3.05) is 0 Å². The van der Waals surface area contributed by atoms with Gasteiger partial charge in [0.25, 0.3) is 0 Å². The van der Waals surface area contributed by atoms with E-state index in [-0.39, 0.29) is 0 Å². The van der Waals surface area contributed by atoms with E-state index in [0.717, 1.165) is 5.92 Å². The maximum Gasteiger partial charge on any atom is 0.122 e. The van der Waals surface area contributed by atoms with E-state index >= 15 is 0 Å². The highest BCUT2D eigenvalue weighted by molar-refractivity contribution is 7.29. The van der Waals surface area contributed by atoms with Crippen LogP contribution in [0.1, 0.15) is 120 Å². The van der Waals surface area contributed by atoms with Crippen molar-refractivity contribution in [3.8, 4) is 9.75 Å². The van der Waals surface area contributed by atoms with Crippen LogP contribution in [0.25, 0.3) is 9.75 Å². The van der Waals surface area contributed by atoms with Crippen molar-refractivity contribution in [3.05, 3.63) is 21.9 Å². The molecule has 0 N–H and O–H groups in total. The predicted octanol–water partition coefficient (Wildman–Crippen LogP) is 10.1. The summed E-state index contributed by atoms with van der Waals surface area (Å²) in [4.78, 5) is 6.45. The fraction of sp³-hybridized carbons (Fsp3) is 0.733. The van der Waals surface area contributed by atoms with E-state index in [0.29, 0.717) is 0 Å². The fourth-order valence-corrected chi connectivity index (χ4v) is 15.9. The Hall–Kier alpha value is -0.383. The molecule has 0 fully saturated rings. The van der Waals surface area contributed by atoms with E-state index in [1.54, 1.807) is 19.5 Å². The minimum Gasteiger partial charge on any atom is -0.140 e. The molecule has 0 spiro atoms. The molecule has 0 amide bonds. The van der Waals surface area contributed by atoms with E-state index in [1.807, 2.05) is 10.4 Å². The molecule has 0 radical (unpaired) electrons. The van der Waals surface area contributed by atoms with Gasteiger partial charge < -0.3 is 0 Å². The Morgan fingerprint density at radius 1 is 0.667 bits per heavy atom. The van der Waals surface area contributed by atoms with Gasteiger partial charge in [0, 0.05) is 19.5 Å². The number of thiophene rings is 2. The molecule has 0 nitrogen and oxygen atoms in total. The standard InChI is InChI=1S/C30H50S2Si/c1-6-9-11-12-13-14-15-16-17-18-20-33(23-26(8-3)19-10-7-2)27-21-24(4)31-29(27)30-28(33)22-25(5)32-30/h21-22,26H,6-20,23H2,1-5H3. The van der Waals surface area contributed by atoms with Crippen LogP contribution in [-0.2, 0) is 0 Å². The zero-order valence-corrected chi connectivity index (χ0v) is 25.0. The maximum absolute atomic E-state index is 2.64. The normalized spacial score (nSPS) is 15.1. The lowest BCUT2D eigenvalue weighted by molar-refractivity contribution is 0.486. The molecule has 3 rings (SSSR count). The van der Waals surface area contributed by atoms with E-state index < -0.39 is 8.07 Å². The number of hydrogen-bond donors (Lipinski definition) is 0. The Kier molecular flexibility index (Phi) is 11.2. The Morgan fingerprint density at radius 3 is 1.64 bits per heavy atom. The first kappa shape index (κ1) is 27.2. The molecular formula is C30H50S2Si. The largest absolute Gasteiger partial charge is 0.140 e. The highest BCUT2D eigenvalue weighted by Gasteiger charge is 2.48. The lowest BCUT2D eigenvalue weighted by Crippen LogP contribution is -2.55. The summed E-state index contributed by atoms with van der Waals surface area (Å²) in [5.74, 6) is 0.916. The SMILES string of the molecule is CCCCCCCCCCCC[Si]1(CC(CC)CCCC)c2cc(C)sc2-c2sc(C)cc21. The molecule has 3 heterocycles. The first-order valence-electron chi connectivity index (χ1n) is 14.3. The third kappa shape index (κ3) is 6.85. The summed E-state index contributed by atoms with van der Waals surface area (Å²) in [6, 6.07) is 8.28. The van der Waals surface area contributed by atoms with E-state index in [4.69, 9.17) is 0 Å². The Labute approximate surface area is 214 Å². The molecular weight excluding hydrogens is 453 g/mol. The van der Waals surface area contributed by atoms with E-state index in [1.165, 1.54) is 102 Å². The van der Waals surface area contributed by atoms with Crippen LogP contribution in [0.4, 0.5) is 0 Å². The van der Waals surface area contributed by atoms with Gasteiger partial charge in [-0.3, -0.25) is 0 Å². The van der Waals surface area contributed by atoms with Crippen LogP contribution in [0.3, 0.4) is 0 Å². The molecule has 0 bridgehead atoms. The van der Waals surface area contributed by atoms with Gasteiger partial charge in [-0.25, -0.2) is 0 Å². The smallest absolute Gasteiger partial charge is 0.122 e. The highest BCUT2D eigenvalue weighted by atomic mass is 32.1. The summed E-state index contributed by atoms with van der Waals surface area (Å²) in [5.41, 5.74) is 0. The molecule has 1 aliphatic rings. The second-order valence-electron chi connectivity index (χ2n) is 10.8. The van der Waals surface area contributed by atoms with Crippen LogP contribution in [0, 0.1) is 19.8 Å². The van der Waals surface area contributed by atoms with Gasteiger partial charge in [-0.15, -0.1) is 22.7 Å². The van der Waals surface area contributed by atoms with Crippen molar-refractivity contribution in [1.82, 2.24) is 0 Å². The number of aryl methyl sites for hydroxylation is 2. The van der Waals surface area contributed by atoms with E-state index in [9.17, 15) is 0 Å². The Balaban J connectivity index is 1.68. The second kappa shape index (κ2) is 13.6. The summed E-state index contributed by atoms with van der Waals surface area (Å²) in [6.07, 6.45) is 20.0. The van der Waals surface area contributed by atoms with Crippen molar-refractivity contribution in [2.45, 2.75) is 137 Å².